The zero-order valence-corrected chi connectivity index (χ0v) is 19.8. The molecule has 3 aliphatic rings. The molecule has 0 aliphatic heterocycles. The van der Waals surface area contributed by atoms with Gasteiger partial charge in [-0.25, -0.2) is 0 Å². The van der Waals surface area contributed by atoms with Crippen molar-refractivity contribution < 1.29 is 20.4 Å². The van der Waals surface area contributed by atoms with Gasteiger partial charge < -0.3 is 20.4 Å². The maximum atomic E-state index is 10.5. The van der Waals surface area contributed by atoms with Gasteiger partial charge in [0.1, 0.15) is 0 Å². The molecule has 0 aromatic carbocycles. The Labute approximate surface area is 188 Å². The Morgan fingerprint density at radius 1 is 1.23 bits per heavy atom. The van der Waals surface area contributed by atoms with Crippen LogP contribution in [0.3, 0.4) is 0 Å². The molecule has 0 heterocycles. The van der Waals surface area contributed by atoms with Gasteiger partial charge in [-0.2, -0.15) is 0 Å². The van der Waals surface area contributed by atoms with Crippen molar-refractivity contribution in [2.45, 2.75) is 103 Å². The summed E-state index contributed by atoms with van der Waals surface area (Å²) in [6.45, 7) is 10.2. The first-order valence-corrected chi connectivity index (χ1v) is 12.3. The lowest BCUT2D eigenvalue weighted by molar-refractivity contribution is -0.0439. The van der Waals surface area contributed by atoms with Crippen LogP contribution in [0.1, 0.15) is 85.0 Å². The number of fused-ring (bicyclic) bond motifs is 1. The van der Waals surface area contributed by atoms with Crippen molar-refractivity contribution in [1.29, 1.82) is 0 Å². The molecule has 0 aromatic rings. The van der Waals surface area contributed by atoms with Crippen LogP contribution < -0.4 is 0 Å². The zero-order valence-electron chi connectivity index (χ0n) is 19.8. The van der Waals surface area contributed by atoms with Gasteiger partial charge in [0.25, 0.3) is 0 Å². The molecular formula is C27H44O4. The van der Waals surface area contributed by atoms with Crippen LogP contribution in [0.5, 0.6) is 0 Å². The monoisotopic (exact) mass is 432 g/mol. The fraction of sp³-hybridized carbons (Fsp3) is 0.778. The molecule has 0 bridgehead atoms. The van der Waals surface area contributed by atoms with Gasteiger partial charge in [0.05, 0.1) is 24.4 Å². The van der Waals surface area contributed by atoms with Gasteiger partial charge in [-0.3, -0.25) is 0 Å². The molecule has 3 aliphatic carbocycles. The van der Waals surface area contributed by atoms with Crippen molar-refractivity contribution in [1.82, 2.24) is 0 Å². The summed E-state index contributed by atoms with van der Waals surface area (Å²) in [6.07, 6.45) is 13.0. The lowest BCUT2D eigenvalue weighted by Crippen LogP contribution is -2.38. The van der Waals surface area contributed by atoms with E-state index in [1.54, 1.807) is 12.5 Å². The molecule has 4 N–H and O–H groups in total. The van der Waals surface area contributed by atoms with Crippen molar-refractivity contribution in [3.05, 3.63) is 35.5 Å². The van der Waals surface area contributed by atoms with Crippen LogP contribution in [0.4, 0.5) is 0 Å². The quantitative estimate of drug-likeness (QED) is 0.471. The molecule has 3 saturated carbocycles. The van der Waals surface area contributed by atoms with Crippen LogP contribution in [-0.2, 0) is 0 Å². The van der Waals surface area contributed by atoms with Gasteiger partial charge in [-0.15, -0.1) is 0 Å². The first kappa shape index (κ1) is 24.7. The van der Waals surface area contributed by atoms with Crippen molar-refractivity contribution in [3.63, 3.8) is 0 Å². The largest absolute Gasteiger partial charge is 0.393 e. The molecule has 0 amide bonds. The van der Waals surface area contributed by atoms with E-state index in [4.69, 9.17) is 0 Å². The first-order chi connectivity index (χ1) is 14.6. The minimum atomic E-state index is -1.22. The number of aliphatic hydroxyl groups excluding tert-OH is 3. The smallest absolute Gasteiger partial charge is 0.0874 e. The Morgan fingerprint density at radius 3 is 2.68 bits per heavy atom. The highest BCUT2D eigenvalue weighted by Gasteiger charge is 2.50. The minimum Gasteiger partial charge on any atom is -0.393 e. The van der Waals surface area contributed by atoms with Crippen molar-refractivity contribution in [2.75, 3.05) is 6.61 Å². The number of rotatable bonds is 7. The molecule has 0 aromatic heterocycles. The zero-order chi connectivity index (χ0) is 22.8. The highest BCUT2D eigenvalue weighted by atomic mass is 16.3. The SMILES string of the molecule is C=C1CC[C@H](O)C/C1=C/C=C1\CCC[C@]2(C)[C@@H]([C@H](C)C[C@H](O)CC(C)(O)CO)CC[C@@H]12. The van der Waals surface area contributed by atoms with Crippen molar-refractivity contribution in [3.8, 4) is 0 Å². The standard InChI is InChI=1S/C27H44O4/c1-18-7-10-22(29)15-21(18)9-8-20-6-5-13-27(4)24(11-12-25(20)27)19(2)14-23(30)16-26(3,31)17-28/h8-9,19,22-25,28-31H,1,5-7,10-17H2,2-4H3/b20-8+,21-9-/t19-,22+,23+,24-,25+,26?,27-/m1/s1. The summed E-state index contributed by atoms with van der Waals surface area (Å²) in [5.41, 5.74) is 2.97. The summed E-state index contributed by atoms with van der Waals surface area (Å²) in [5, 5.41) is 40.0. The maximum absolute atomic E-state index is 10.5. The Kier molecular flexibility index (Phi) is 7.89. The lowest BCUT2D eigenvalue weighted by Gasteiger charge is -2.44. The molecule has 31 heavy (non-hydrogen) atoms. The van der Waals surface area contributed by atoms with E-state index in [1.165, 1.54) is 36.8 Å². The number of aliphatic hydroxyl groups is 4. The van der Waals surface area contributed by atoms with Crippen LogP contribution in [0.25, 0.3) is 0 Å². The highest BCUT2D eigenvalue weighted by Crippen LogP contribution is 2.60. The summed E-state index contributed by atoms with van der Waals surface area (Å²) in [6, 6.07) is 0. The van der Waals surface area contributed by atoms with E-state index in [1.807, 2.05) is 0 Å². The van der Waals surface area contributed by atoms with E-state index in [-0.39, 0.29) is 24.5 Å². The molecule has 0 radical (unpaired) electrons. The van der Waals surface area contributed by atoms with E-state index in [0.717, 1.165) is 25.7 Å². The maximum Gasteiger partial charge on any atom is 0.0874 e. The van der Waals surface area contributed by atoms with Gasteiger partial charge in [0.2, 0.25) is 0 Å². The molecular weight excluding hydrogens is 388 g/mol. The van der Waals surface area contributed by atoms with Crippen LogP contribution >= 0.6 is 0 Å². The van der Waals surface area contributed by atoms with Gasteiger partial charge in [0.15, 0.2) is 0 Å². The molecule has 1 unspecified atom stereocenters. The number of hydrogen-bond donors (Lipinski definition) is 4. The number of hydrogen-bond acceptors (Lipinski definition) is 4. The topological polar surface area (TPSA) is 80.9 Å². The molecule has 7 atom stereocenters. The third-order valence-electron chi connectivity index (χ3n) is 8.57. The second-order valence-corrected chi connectivity index (χ2v) is 11.3. The van der Waals surface area contributed by atoms with Crippen molar-refractivity contribution in [2.24, 2.45) is 23.2 Å². The molecule has 4 heteroatoms. The minimum absolute atomic E-state index is 0.217. The summed E-state index contributed by atoms with van der Waals surface area (Å²) in [7, 11) is 0. The van der Waals surface area contributed by atoms with E-state index in [0.29, 0.717) is 24.2 Å². The van der Waals surface area contributed by atoms with Gasteiger partial charge in [-0.1, -0.05) is 43.7 Å². The van der Waals surface area contributed by atoms with Crippen LogP contribution in [0.2, 0.25) is 0 Å². The fourth-order valence-electron chi connectivity index (χ4n) is 6.86. The van der Waals surface area contributed by atoms with Crippen LogP contribution in [0.15, 0.2) is 35.5 Å². The molecule has 3 rings (SSSR count). The third-order valence-corrected chi connectivity index (χ3v) is 8.57. The summed E-state index contributed by atoms with van der Waals surface area (Å²) in [5.74, 6) is 1.53. The molecule has 176 valence electrons. The Hall–Kier alpha value is -0.940. The molecule has 0 saturated heterocycles. The fourth-order valence-corrected chi connectivity index (χ4v) is 6.86. The molecule has 4 nitrogen and oxygen atoms in total. The average Bonchev–Trinajstić information content (AvgIpc) is 3.05. The average molecular weight is 433 g/mol. The predicted octanol–water partition coefficient (Wildman–Crippen LogP) is 4.68. The van der Waals surface area contributed by atoms with Crippen LogP contribution in [0, 0.1) is 23.2 Å². The Morgan fingerprint density at radius 2 is 1.97 bits per heavy atom. The second kappa shape index (κ2) is 9.91. The Balaban J connectivity index is 1.70. The predicted molar refractivity (Wildman–Crippen MR) is 125 cm³/mol. The normalized spacial score (nSPS) is 38.2. The van der Waals surface area contributed by atoms with Gasteiger partial charge in [0, 0.05) is 6.42 Å². The molecule has 3 fully saturated rings. The summed E-state index contributed by atoms with van der Waals surface area (Å²) in [4.78, 5) is 0. The van der Waals surface area contributed by atoms with Crippen molar-refractivity contribution >= 4 is 0 Å². The van der Waals surface area contributed by atoms with E-state index in [9.17, 15) is 20.4 Å². The van der Waals surface area contributed by atoms with E-state index < -0.39 is 11.7 Å². The van der Waals surface area contributed by atoms with Crippen LogP contribution in [-0.4, -0.2) is 44.8 Å². The first-order valence-electron chi connectivity index (χ1n) is 12.3. The molecule has 0 spiro atoms. The number of allylic oxidation sites excluding steroid dienone is 4. The summed E-state index contributed by atoms with van der Waals surface area (Å²) >= 11 is 0. The van der Waals surface area contributed by atoms with Gasteiger partial charge >= 0.3 is 0 Å². The summed E-state index contributed by atoms with van der Waals surface area (Å²) < 4.78 is 0. The second-order valence-electron chi connectivity index (χ2n) is 11.3. The van der Waals surface area contributed by atoms with E-state index in [2.05, 4.69) is 32.6 Å². The van der Waals surface area contributed by atoms with Gasteiger partial charge in [-0.05, 0) is 93.5 Å². The van der Waals surface area contributed by atoms with E-state index >= 15 is 0 Å². The lowest BCUT2D eigenvalue weighted by atomic mass is 9.60. The Bertz CT molecular complexity index is 706. The third kappa shape index (κ3) is 5.71. The highest BCUT2D eigenvalue weighted by molar-refractivity contribution is 5.36.